The van der Waals surface area contributed by atoms with Gasteiger partial charge in [0.25, 0.3) is 11.8 Å². The minimum absolute atomic E-state index is 0.157. The van der Waals surface area contributed by atoms with Gasteiger partial charge < -0.3 is 15.4 Å². The first-order chi connectivity index (χ1) is 15.1. The molecule has 0 aliphatic heterocycles. The van der Waals surface area contributed by atoms with E-state index in [0.29, 0.717) is 5.56 Å². The van der Waals surface area contributed by atoms with Crippen molar-refractivity contribution in [2.45, 2.75) is 51.0 Å². The van der Waals surface area contributed by atoms with E-state index in [0.717, 1.165) is 36.8 Å². The van der Waals surface area contributed by atoms with E-state index < -0.39 is 5.97 Å². The SMILES string of the molecule is O=C(COC(=O)CNC(=O)c1ccc(-c2ccccc2)cc1)NC1CCCCCCC1. The number of hydrogen-bond donors (Lipinski definition) is 2. The van der Waals surface area contributed by atoms with Gasteiger partial charge >= 0.3 is 5.97 Å². The molecule has 0 bridgehead atoms. The van der Waals surface area contributed by atoms with Crippen molar-refractivity contribution in [2.24, 2.45) is 0 Å². The molecular formula is C25H30N2O4. The Balaban J connectivity index is 1.38. The molecule has 2 aromatic carbocycles. The van der Waals surface area contributed by atoms with Crippen LogP contribution in [0.15, 0.2) is 54.6 Å². The zero-order valence-corrected chi connectivity index (χ0v) is 17.8. The fraction of sp³-hybridized carbons (Fsp3) is 0.400. The quantitative estimate of drug-likeness (QED) is 0.664. The summed E-state index contributed by atoms with van der Waals surface area (Å²) >= 11 is 0. The zero-order valence-electron chi connectivity index (χ0n) is 17.8. The Bertz CT molecular complexity index is 857. The van der Waals surface area contributed by atoms with Gasteiger partial charge in [-0.1, -0.05) is 74.6 Å². The molecule has 1 fully saturated rings. The van der Waals surface area contributed by atoms with E-state index in [1.165, 1.54) is 19.3 Å². The Kier molecular flexibility index (Phi) is 8.64. The number of hydrogen-bond acceptors (Lipinski definition) is 4. The molecule has 0 heterocycles. The van der Waals surface area contributed by atoms with Crippen molar-refractivity contribution in [1.82, 2.24) is 10.6 Å². The molecule has 0 aromatic heterocycles. The summed E-state index contributed by atoms with van der Waals surface area (Å²) in [6.45, 7) is -0.604. The van der Waals surface area contributed by atoms with Crippen LogP contribution >= 0.6 is 0 Å². The number of amides is 2. The normalized spacial score (nSPS) is 14.7. The number of carbonyl (C=O) groups is 3. The number of rotatable bonds is 7. The van der Waals surface area contributed by atoms with Crippen molar-refractivity contribution in [2.75, 3.05) is 13.2 Å². The Hall–Kier alpha value is -3.15. The van der Waals surface area contributed by atoms with Gasteiger partial charge in [-0.25, -0.2) is 0 Å². The smallest absolute Gasteiger partial charge is 0.325 e. The van der Waals surface area contributed by atoms with Crippen LogP contribution in [0.25, 0.3) is 11.1 Å². The number of esters is 1. The fourth-order valence-electron chi connectivity index (χ4n) is 3.77. The Morgan fingerprint density at radius 3 is 2.10 bits per heavy atom. The number of carbonyl (C=O) groups excluding carboxylic acids is 3. The third-order valence-corrected chi connectivity index (χ3v) is 5.48. The standard InChI is InChI=1S/C25H30N2O4/c28-23(27-22-11-7-2-1-3-8-12-22)18-31-24(29)17-26-25(30)21-15-13-20(14-16-21)19-9-5-4-6-10-19/h4-6,9-10,13-16,22H,1-3,7-8,11-12,17-18H2,(H,26,30)(H,27,28). The first-order valence-electron chi connectivity index (χ1n) is 11.0. The third-order valence-electron chi connectivity index (χ3n) is 5.48. The van der Waals surface area contributed by atoms with Crippen LogP contribution in [-0.4, -0.2) is 37.0 Å². The van der Waals surface area contributed by atoms with E-state index in [-0.39, 0.29) is 31.0 Å². The minimum atomic E-state index is -0.637. The summed E-state index contributed by atoms with van der Waals surface area (Å²) in [5.74, 6) is -1.29. The predicted octanol–water partition coefficient (Wildman–Crippen LogP) is 3.86. The van der Waals surface area contributed by atoms with Crippen molar-refractivity contribution in [3.63, 3.8) is 0 Å². The first-order valence-corrected chi connectivity index (χ1v) is 11.0. The fourth-order valence-corrected chi connectivity index (χ4v) is 3.77. The van der Waals surface area contributed by atoms with Crippen LogP contribution in [0.2, 0.25) is 0 Å². The van der Waals surface area contributed by atoms with Crippen LogP contribution in [0.5, 0.6) is 0 Å². The van der Waals surface area contributed by atoms with Crippen molar-refractivity contribution in [3.8, 4) is 11.1 Å². The second-order valence-electron chi connectivity index (χ2n) is 7.90. The largest absolute Gasteiger partial charge is 0.454 e. The van der Waals surface area contributed by atoms with Crippen LogP contribution in [0.4, 0.5) is 0 Å². The van der Waals surface area contributed by atoms with Crippen molar-refractivity contribution in [1.29, 1.82) is 0 Å². The highest BCUT2D eigenvalue weighted by atomic mass is 16.5. The number of benzene rings is 2. The molecule has 0 spiro atoms. The van der Waals surface area contributed by atoms with Crippen LogP contribution in [-0.2, 0) is 14.3 Å². The molecule has 0 unspecified atom stereocenters. The molecule has 3 rings (SSSR count). The molecule has 2 amide bonds. The summed E-state index contributed by atoms with van der Waals surface area (Å²) in [5.41, 5.74) is 2.53. The molecule has 1 aliphatic rings. The Morgan fingerprint density at radius 1 is 0.806 bits per heavy atom. The molecule has 1 aliphatic carbocycles. The molecular weight excluding hydrogens is 392 g/mol. The maximum Gasteiger partial charge on any atom is 0.325 e. The highest BCUT2D eigenvalue weighted by molar-refractivity contribution is 5.96. The van der Waals surface area contributed by atoms with Gasteiger partial charge in [0, 0.05) is 11.6 Å². The van der Waals surface area contributed by atoms with E-state index in [2.05, 4.69) is 10.6 Å². The van der Waals surface area contributed by atoms with Crippen LogP contribution in [0.3, 0.4) is 0 Å². The lowest BCUT2D eigenvalue weighted by molar-refractivity contribution is -0.147. The van der Waals surface area contributed by atoms with Gasteiger partial charge in [0.2, 0.25) is 0 Å². The lowest BCUT2D eigenvalue weighted by atomic mass is 9.97. The molecule has 0 saturated heterocycles. The summed E-state index contributed by atoms with van der Waals surface area (Å²) in [5, 5.41) is 5.48. The van der Waals surface area contributed by atoms with Crippen LogP contribution in [0.1, 0.15) is 55.3 Å². The van der Waals surface area contributed by atoms with Crippen molar-refractivity contribution >= 4 is 17.8 Å². The maximum atomic E-state index is 12.3. The van der Waals surface area contributed by atoms with E-state index in [4.69, 9.17) is 4.74 Å². The summed E-state index contributed by atoms with van der Waals surface area (Å²) in [4.78, 5) is 36.2. The molecule has 2 aromatic rings. The summed E-state index contributed by atoms with van der Waals surface area (Å²) in [7, 11) is 0. The molecule has 31 heavy (non-hydrogen) atoms. The molecule has 2 N–H and O–H groups in total. The van der Waals surface area contributed by atoms with Crippen molar-refractivity contribution < 1.29 is 19.1 Å². The van der Waals surface area contributed by atoms with E-state index in [1.807, 2.05) is 42.5 Å². The van der Waals surface area contributed by atoms with Crippen molar-refractivity contribution in [3.05, 3.63) is 60.2 Å². The molecule has 164 valence electrons. The highest BCUT2D eigenvalue weighted by Gasteiger charge is 2.16. The van der Waals surface area contributed by atoms with E-state index >= 15 is 0 Å². The molecule has 6 nitrogen and oxygen atoms in total. The predicted molar refractivity (Wildman–Crippen MR) is 119 cm³/mol. The highest BCUT2D eigenvalue weighted by Crippen LogP contribution is 2.19. The van der Waals surface area contributed by atoms with Crippen LogP contribution < -0.4 is 10.6 Å². The molecule has 0 atom stereocenters. The zero-order chi connectivity index (χ0) is 21.9. The average molecular weight is 423 g/mol. The van der Waals surface area contributed by atoms with Gasteiger partial charge in [-0.15, -0.1) is 0 Å². The second kappa shape index (κ2) is 11.9. The van der Waals surface area contributed by atoms with Gasteiger partial charge in [-0.05, 0) is 36.1 Å². The minimum Gasteiger partial charge on any atom is -0.454 e. The Labute approximate surface area is 183 Å². The molecule has 6 heteroatoms. The third kappa shape index (κ3) is 7.55. The number of nitrogens with one attached hydrogen (secondary N) is 2. The lowest BCUT2D eigenvalue weighted by Gasteiger charge is -2.20. The second-order valence-corrected chi connectivity index (χ2v) is 7.90. The Morgan fingerprint density at radius 2 is 1.42 bits per heavy atom. The first kappa shape index (κ1) is 22.5. The van der Waals surface area contributed by atoms with Gasteiger partial charge in [0.05, 0.1) is 0 Å². The molecule has 0 radical (unpaired) electrons. The monoisotopic (exact) mass is 422 g/mol. The van der Waals surface area contributed by atoms with Gasteiger partial charge in [0.1, 0.15) is 6.54 Å². The lowest BCUT2D eigenvalue weighted by Crippen LogP contribution is -2.39. The van der Waals surface area contributed by atoms with Gasteiger partial charge in [-0.2, -0.15) is 0 Å². The molecule has 1 saturated carbocycles. The van der Waals surface area contributed by atoms with Gasteiger partial charge in [-0.3, -0.25) is 14.4 Å². The number of ether oxygens (including phenoxy) is 1. The summed E-state index contributed by atoms with van der Waals surface area (Å²) in [6, 6.07) is 17.2. The van der Waals surface area contributed by atoms with Gasteiger partial charge in [0.15, 0.2) is 6.61 Å². The summed E-state index contributed by atoms with van der Waals surface area (Å²) < 4.78 is 5.00. The topological polar surface area (TPSA) is 84.5 Å². The van der Waals surface area contributed by atoms with E-state index in [9.17, 15) is 14.4 Å². The summed E-state index contributed by atoms with van der Waals surface area (Å²) in [6.07, 6.45) is 7.84. The van der Waals surface area contributed by atoms with Crippen LogP contribution in [0, 0.1) is 0 Å². The average Bonchev–Trinajstić information content (AvgIpc) is 2.78. The van der Waals surface area contributed by atoms with E-state index in [1.54, 1.807) is 12.1 Å². The maximum absolute atomic E-state index is 12.3.